The molecule has 0 fully saturated rings. The third-order valence-corrected chi connectivity index (χ3v) is 3.31. The molecule has 1 amide bonds. The molecule has 1 N–H and O–H groups in total. The second-order valence-corrected chi connectivity index (χ2v) is 4.36. The van der Waals surface area contributed by atoms with Crippen LogP contribution in [0, 0.1) is 4.91 Å². The third kappa shape index (κ3) is 2.76. The topological polar surface area (TPSA) is 58.5 Å². The largest absolute Gasteiger partial charge is 0.273 e. The number of carbonyl (C=O) groups is 1. The number of nitrogens with zero attached hydrogens (tertiary/aromatic N) is 1. The number of hydrogen-bond acceptors (Lipinski definition) is 4. The number of nitroso groups, excluding NO2 is 1. The highest BCUT2D eigenvalue weighted by Gasteiger charge is 2.10. The Kier molecular flexibility index (Phi) is 3.62. The summed E-state index contributed by atoms with van der Waals surface area (Å²) in [5, 5.41) is 4.30. The monoisotopic (exact) mass is 246 g/mol. The molecule has 2 rings (SSSR count). The molecule has 2 aromatic rings. The minimum absolute atomic E-state index is 0.166. The molecule has 0 saturated heterocycles. The fourth-order valence-electron chi connectivity index (χ4n) is 1.58. The van der Waals surface area contributed by atoms with Gasteiger partial charge in [-0.25, -0.2) is 5.43 Å². The summed E-state index contributed by atoms with van der Waals surface area (Å²) in [6, 6.07) is 11.7. The van der Waals surface area contributed by atoms with Crippen molar-refractivity contribution in [1.82, 2.24) is 5.43 Å². The van der Waals surface area contributed by atoms with Crippen LogP contribution >= 0.6 is 11.3 Å². The van der Waals surface area contributed by atoms with Gasteiger partial charge in [0.25, 0.3) is 0 Å². The molecule has 1 aromatic carbocycles. The molecule has 0 saturated carbocycles. The van der Waals surface area contributed by atoms with Crippen LogP contribution < -0.4 is 5.43 Å². The second-order valence-electron chi connectivity index (χ2n) is 3.44. The number of benzene rings is 1. The van der Waals surface area contributed by atoms with E-state index in [9.17, 15) is 9.70 Å². The lowest BCUT2D eigenvalue weighted by atomic mass is 10.1. The molecule has 0 unspecified atom stereocenters. The summed E-state index contributed by atoms with van der Waals surface area (Å²) in [5.41, 5.74) is 3.88. The molecule has 1 heterocycles. The molecule has 4 nitrogen and oxygen atoms in total. The molecule has 86 valence electrons. The number of nitrogens with one attached hydrogen (secondary N) is 1. The van der Waals surface area contributed by atoms with E-state index in [1.54, 1.807) is 11.3 Å². The zero-order valence-corrected chi connectivity index (χ0v) is 9.74. The van der Waals surface area contributed by atoms with Gasteiger partial charge in [-0.15, -0.1) is 16.2 Å². The zero-order valence-electron chi connectivity index (χ0n) is 8.92. The number of carbonyl (C=O) groups excluding carboxylic acids is 1. The van der Waals surface area contributed by atoms with E-state index in [4.69, 9.17) is 0 Å². The van der Waals surface area contributed by atoms with E-state index in [1.807, 2.05) is 47.2 Å². The molecule has 0 bridgehead atoms. The Morgan fingerprint density at radius 3 is 2.71 bits per heavy atom. The molecule has 0 aliphatic carbocycles. The van der Waals surface area contributed by atoms with Crippen molar-refractivity contribution in [2.45, 2.75) is 6.42 Å². The van der Waals surface area contributed by atoms with Gasteiger partial charge in [0, 0.05) is 4.88 Å². The molecular weight excluding hydrogens is 236 g/mol. The lowest BCUT2D eigenvalue weighted by molar-refractivity contribution is -0.120. The Morgan fingerprint density at radius 1 is 1.24 bits per heavy atom. The SMILES string of the molecule is O=NNC(=O)Cc1ccsc1-c1ccccc1. The Bertz CT molecular complexity index is 522. The lowest BCUT2D eigenvalue weighted by Crippen LogP contribution is -2.18. The average Bonchev–Trinajstić information content (AvgIpc) is 2.78. The summed E-state index contributed by atoms with van der Waals surface area (Å²) in [4.78, 5) is 22.3. The summed E-state index contributed by atoms with van der Waals surface area (Å²) < 4.78 is 0. The van der Waals surface area contributed by atoms with Gasteiger partial charge in [0.15, 0.2) is 0 Å². The van der Waals surface area contributed by atoms with Gasteiger partial charge in [0.1, 0.15) is 0 Å². The smallest absolute Gasteiger partial charge is 0.247 e. The summed E-state index contributed by atoms with van der Waals surface area (Å²) in [6.07, 6.45) is 0.166. The number of hydrogen-bond donors (Lipinski definition) is 1. The van der Waals surface area contributed by atoms with E-state index < -0.39 is 5.91 Å². The fourth-order valence-corrected chi connectivity index (χ4v) is 2.51. The van der Waals surface area contributed by atoms with E-state index in [1.165, 1.54) is 0 Å². The number of rotatable bonds is 4. The first-order valence-electron chi connectivity index (χ1n) is 5.04. The highest BCUT2D eigenvalue weighted by Crippen LogP contribution is 2.29. The van der Waals surface area contributed by atoms with Crippen LogP contribution in [0.2, 0.25) is 0 Å². The van der Waals surface area contributed by atoms with Crippen molar-refractivity contribution in [1.29, 1.82) is 0 Å². The summed E-state index contributed by atoms with van der Waals surface area (Å²) >= 11 is 1.57. The van der Waals surface area contributed by atoms with Crippen molar-refractivity contribution in [2.24, 2.45) is 5.29 Å². The zero-order chi connectivity index (χ0) is 12.1. The average molecular weight is 246 g/mol. The van der Waals surface area contributed by atoms with Crippen LogP contribution in [0.3, 0.4) is 0 Å². The summed E-state index contributed by atoms with van der Waals surface area (Å²) in [7, 11) is 0. The molecule has 0 aliphatic heterocycles. The first-order chi connectivity index (χ1) is 8.31. The Morgan fingerprint density at radius 2 is 2.00 bits per heavy atom. The van der Waals surface area contributed by atoms with Gasteiger partial charge >= 0.3 is 0 Å². The van der Waals surface area contributed by atoms with Crippen molar-refractivity contribution in [3.05, 3.63) is 52.2 Å². The van der Waals surface area contributed by atoms with Crippen LogP contribution in [-0.2, 0) is 11.2 Å². The molecule has 0 spiro atoms. The molecule has 0 atom stereocenters. The van der Waals surface area contributed by atoms with Crippen molar-refractivity contribution in [2.75, 3.05) is 0 Å². The van der Waals surface area contributed by atoms with Crippen LogP contribution in [0.15, 0.2) is 47.1 Å². The van der Waals surface area contributed by atoms with Crippen molar-refractivity contribution in [3.8, 4) is 10.4 Å². The van der Waals surface area contributed by atoms with E-state index in [0.29, 0.717) is 0 Å². The maximum atomic E-state index is 11.3. The van der Waals surface area contributed by atoms with Crippen LogP contribution in [-0.4, -0.2) is 5.91 Å². The Labute approximate surface area is 102 Å². The highest BCUT2D eigenvalue weighted by molar-refractivity contribution is 7.13. The molecular formula is C12H10N2O2S. The van der Waals surface area contributed by atoms with E-state index in [0.717, 1.165) is 16.0 Å². The molecule has 17 heavy (non-hydrogen) atoms. The first-order valence-corrected chi connectivity index (χ1v) is 5.92. The van der Waals surface area contributed by atoms with E-state index in [2.05, 4.69) is 5.29 Å². The minimum atomic E-state index is -0.393. The summed E-state index contributed by atoms with van der Waals surface area (Å²) in [6.45, 7) is 0. The molecule has 0 radical (unpaired) electrons. The van der Waals surface area contributed by atoms with Gasteiger partial charge in [-0.3, -0.25) is 4.79 Å². The van der Waals surface area contributed by atoms with Crippen molar-refractivity contribution < 1.29 is 4.79 Å². The molecule has 5 heteroatoms. The number of amides is 1. The van der Waals surface area contributed by atoms with Gasteiger partial charge in [-0.2, -0.15) is 0 Å². The molecule has 0 aliphatic rings. The maximum Gasteiger partial charge on any atom is 0.247 e. The standard InChI is InChI=1S/C12H10N2O2S/c15-11(13-14-16)8-10-6-7-17-12(10)9-4-2-1-3-5-9/h1-7H,8H2,(H,13,15,16). The normalized spacial score (nSPS) is 9.88. The summed E-state index contributed by atoms with van der Waals surface area (Å²) in [5.74, 6) is -0.393. The maximum absolute atomic E-state index is 11.3. The second kappa shape index (κ2) is 5.36. The van der Waals surface area contributed by atoms with Gasteiger partial charge in [-0.05, 0) is 22.6 Å². The van der Waals surface area contributed by atoms with Crippen LogP contribution in [0.25, 0.3) is 10.4 Å². The van der Waals surface area contributed by atoms with Gasteiger partial charge in [-0.1, -0.05) is 30.3 Å². The van der Waals surface area contributed by atoms with Crippen molar-refractivity contribution in [3.63, 3.8) is 0 Å². The van der Waals surface area contributed by atoms with Crippen molar-refractivity contribution >= 4 is 17.2 Å². The Balaban J connectivity index is 2.23. The quantitative estimate of drug-likeness (QED) is 0.666. The van der Waals surface area contributed by atoms with Gasteiger partial charge in [0.2, 0.25) is 5.91 Å². The van der Waals surface area contributed by atoms with Gasteiger partial charge < -0.3 is 0 Å². The lowest BCUT2D eigenvalue weighted by Gasteiger charge is -2.02. The predicted molar refractivity (Wildman–Crippen MR) is 67.4 cm³/mol. The fraction of sp³-hybridized carbons (Fsp3) is 0.0833. The minimum Gasteiger partial charge on any atom is -0.273 e. The van der Waals surface area contributed by atoms with Crippen LogP contribution in [0.1, 0.15) is 5.56 Å². The van der Waals surface area contributed by atoms with Crippen LogP contribution in [0.4, 0.5) is 0 Å². The molecule has 1 aromatic heterocycles. The van der Waals surface area contributed by atoms with Gasteiger partial charge in [0.05, 0.1) is 11.7 Å². The predicted octanol–water partition coefficient (Wildman–Crippen LogP) is 2.76. The van der Waals surface area contributed by atoms with E-state index >= 15 is 0 Å². The third-order valence-electron chi connectivity index (χ3n) is 2.30. The van der Waals surface area contributed by atoms with E-state index in [-0.39, 0.29) is 6.42 Å². The van der Waals surface area contributed by atoms with Crippen LogP contribution in [0.5, 0.6) is 0 Å². The first kappa shape index (κ1) is 11.5. The highest BCUT2D eigenvalue weighted by atomic mass is 32.1. The Hall–Kier alpha value is -2.01. The number of thiophene rings is 1.